The Morgan fingerprint density at radius 3 is 2.88 bits per heavy atom. The summed E-state index contributed by atoms with van der Waals surface area (Å²) in [6, 6.07) is 15.4. The number of halogens is 1. The molecule has 1 aromatic carbocycles. The number of nitrogens with zero attached hydrogens (tertiary/aromatic N) is 7. The quantitative estimate of drug-likeness (QED) is 0.403. The number of rotatable bonds is 4. The van der Waals surface area contributed by atoms with Gasteiger partial charge in [-0.15, -0.1) is 26.6 Å². The zero-order valence-corrected chi connectivity index (χ0v) is 18.2. The second-order valence-corrected chi connectivity index (χ2v) is 8.72. The summed E-state index contributed by atoms with van der Waals surface area (Å²) in [6.07, 6.45) is 3.53. The molecule has 8 nitrogen and oxygen atoms in total. The van der Waals surface area contributed by atoms with Gasteiger partial charge in [-0.1, -0.05) is 18.2 Å². The molecule has 1 saturated heterocycles. The van der Waals surface area contributed by atoms with Crippen molar-refractivity contribution >= 4 is 22.9 Å². The van der Waals surface area contributed by atoms with E-state index in [-0.39, 0.29) is 23.6 Å². The van der Waals surface area contributed by atoms with Gasteiger partial charge in [0.05, 0.1) is 16.6 Å². The molecule has 0 bridgehead atoms. The lowest BCUT2D eigenvalue weighted by Crippen LogP contribution is -2.32. The molecule has 1 atom stereocenters. The molecule has 6 rings (SSSR count). The number of carbonyl (C=O) groups is 1. The highest BCUT2D eigenvalue weighted by Crippen LogP contribution is 2.33. The standard InChI is InChI=1S/C23H18FN7OS/c24-15-6-3-7-16(14-15)31-22(18-9-5-13-33-18)25-20(28-31)23(32)29-12-4-8-17(29)21-27-26-19-10-1-2-11-30(19)21/h1-3,5-7,9-11,13-14,17H,4,8,12H2/t17-/m1/s1. The molecule has 0 unspecified atom stereocenters. The van der Waals surface area contributed by atoms with Crippen molar-refractivity contribution in [1.29, 1.82) is 0 Å². The number of amides is 1. The number of pyridine rings is 1. The predicted octanol–water partition coefficient (Wildman–Crippen LogP) is 4.15. The minimum atomic E-state index is -0.383. The summed E-state index contributed by atoms with van der Waals surface area (Å²) in [7, 11) is 0. The Labute approximate surface area is 192 Å². The number of hydrogen-bond acceptors (Lipinski definition) is 6. The molecular weight excluding hydrogens is 441 g/mol. The highest BCUT2D eigenvalue weighted by Gasteiger charge is 2.36. The lowest BCUT2D eigenvalue weighted by molar-refractivity contribution is 0.0717. The number of likely N-dealkylation sites (tertiary alicyclic amines) is 1. The minimum Gasteiger partial charge on any atom is -0.326 e. The van der Waals surface area contributed by atoms with Crippen LogP contribution in [-0.4, -0.2) is 46.7 Å². The van der Waals surface area contributed by atoms with E-state index < -0.39 is 0 Å². The lowest BCUT2D eigenvalue weighted by Gasteiger charge is -2.22. The smallest absolute Gasteiger partial charge is 0.294 e. The topological polar surface area (TPSA) is 81.2 Å². The van der Waals surface area contributed by atoms with Crippen LogP contribution in [0.15, 0.2) is 66.2 Å². The zero-order chi connectivity index (χ0) is 22.4. The summed E-state index contributed by atoms with van der Waals surface area (Å²) in [5.74, 6) is 0.634. The van der Waals surface area contributed by atoms with E-state index in [2.05, 4.69) is 20.3 Å². The van der Waals surface area contributed by atoms with Crippen LogP contribution in [0.25, 0.3) is 22.0 Å². The van der Waals surface area contributed by atoms with E-state index in [9.17, 15) is 9.18 Å². The van der Waals surface area contributed by atoms with Crippen molar-refractivity contribution in [2.24, 2.45) is 0 Å². The first-order valence-electron chi connectivity index (χ1n) is 10.6. The number of aromatic nitrogens is 6. The number of thiophene rings is 1. The Bertz CT molecular complexity index is 1460. The van der Waals surface area contributed by atoms with Crippen molar-refractivity contribution < 1.29 is 9.18 Å². The second kappa shape index (κ2) is 7.89. The molecule has 0 aliphatic carbocycles. The summed E-state index contributed by atoms with van der Waals surface area (Å²) in [6.45, 7) is 0.577. The fraction of sp³-hybridized carbons (Fsp3) is 0.174. The van der Waals surface area contributed by atoms with Gasteiger partial charge in [-0.2, -0.15) is 0 Å². The first-order valence-corrected chi connectivity index (χ1v) is 11.4. The van der Waals surface area contributed by atoms with Gasteiger partial charge in [0, 0.05) is 12.7 Å². The van der Waals surface area contributed by atoms with Crippen LogP contribution >= 0.6 is 11.3 Å². The van der Waals surface area contributed by atoms with Crippen molar-refractivity contribution in [1.82, 2.24) is 34.3 Å². The van der Waals surface area contributed by atoms with Gasteiger partial charge in [-0.05, 0) is 54.6 Å². The van der Waals surface area contributed by atoms with Gasteiger partial charge in [0.2, 0.25) is 5.82 Å². The van der Waals surface area contributed by atoms with Gasteiger partial charge < -0.3 is 4.90 Å². The molecule has 164 valence electrons. The average molecular weight is 460 g/mol. The van der Waals surface area contributed by atoms with Gasteiger partial charge >= 0.3 is 0 Å². The monoisotopic (exact) mass is 459 g/mol. The Morgan fingerprint density at radius 2 is 2.03 bits per heavy atom. The predicted molar refractivity (Wildman–Crippen MR) is 121 cm³/mol. The third kappa shape index (κ3) is 3.39. The molecule has 4 aromatic heterocycles. The van der Waals surface area contributed by atoms with E-state index in [0.29, 0.717) is 18.1 Å². The third-order valence-corrected chi connectivity index (χ3v) is 6.61. The highest BCUT2D eigenvalue weighted by molar-refractivity contribution is 7.13. The molecule has 0 spiro atoms. The summed E-state index contributed by atoms with van der Waals surface area (Å²) < 4.78 is 17.4. The number of fused-ring (bicyclic) bond motifs is 1. The van der Waals surface area contributed by atoms with Crippen LogP contribution in [0.4, 0.5) is 4.39 Å². The van der Waals surface area contributed by atoms with Crippen molar-refractivity contribution in [3.8, 4) is 16.4 Å². The molecular formula is C23H18FN7OS. The molecule has 0 N–H and O–H groups in total. The Kier molecular flexibility index (Phi) is 4.72. The number of hydrogen-bond donors (Lipinski definition) is 0. The summed E-state index contributed by atoms with van der Waals surface area (Å²) >= 11 is 1.48. The maximum absolute atomic E-state index is 13.9. The Hall–Kier alpha value is -3.92. The molecule has 1 amide bonds. The van der Waals surface area contributed by atoms with Gasteiger partial charge in [-0.25, -0.2) is 14.1 Å². The molecule has 10 heteroatoms. The van der Waals surface area contributed by atoms with E-state index in [1.54, 1.807) is 17.0 Å². The van der Waals surface area contributed by atoms with E-state index in [1.807, 2.05) is 46.3 Å². The molecule has 1 aliphatic rings. The van der Waals surface area contributed by atoms with Crippen LogP contribution in [0, 0.1) is 5.82 Å². The SMILES string of the molecule is O=C(c1nc(-c2cccs2)n(-c2cccc(F)c2)n1)N1CCC[C@@H]1c1nnc2ccccn12. The molecule has 33 heavy (non-hydrogen) atoms. The van der Waals surface area contributed by atoms with Crippen LogP contribution < -0.4 is 0 Å². The average Bonchev–Trinajstić information content (AvgIpc) is 3.63. The van der Waals surface area contributed by atoms with Crippen LogP contribution in [0.3, 0.4) is 0 Å². The zero-order valence-electron chi connectivity index (χ0n) is 17.4. The van der Waals surface area contributed by atoms with Crippen molar-refractivity contribution in [2.45, 2.75) is 18.9 Å². The Morgan fingerprint density at radius 1 is 1.09 bits per heavy atom. The van der Waals surface area contributed by atoms with E-state index >= 15 is 0 Å². The second-order valence-electron chi connectivity index (χ2n) is 7.77. The van der Waals surface area contributed by atoms with Crippen molar-refractivity contribution in [2.75, 3.05) is 6.54 Å². The molecule has 1 aliphatic heterocycles. The van der Waals surface area contributed by atoms with Crippen LogP contribution in [0.1, 0.15) is 35.3 Å². The van der Waals surface area contributed by atoms with E-state index in [0.717, 1.165) is 29.2 Å². The van der Waals surface area contributed by atoms with Gasteiger partial charge in [0.25, 0.3) is 5.91 Å². The van der Waals surface area contributed by atoms with E-state index in [4.69, 9.17) is 0 Å². The van der Waals surface area contributed by atoms with Crippen molar-refractivity contribution in [3.63, 3.8) is 0 Å². The third-order valence-electron chi connectivity index (χ3n) is 5.74. The number of carbonyl (C=O) groups excluding carboxylic acids is 1. The maximum atomic E-state index is 13.9. The van der Waals surface area contributed by atoms with Crippen molar-refractivity contribution in [3.05, 3.63) is 83.6 Å². The van der Waals surface area contributed by atoms with E-state index in [1.165, 1.54) is 28.2 Å². The summed E-state index contributed by atoms with van der Waals surface area (Å²) in [5.41, 5.74) is 1.24. The van der Waals surface area contributed by atoms with Crippen LogP contribution in [0.5, 0.6) is 0 Å². The minimum absolute atomic E-state index is 0.0726. The normalized spacial score (nSPS) is 16.0. The summed E-state index contributed by atoms with van der Waals surface area (Å²) in [4.78, 5) is 20.8. The molecule has 5 aromatic rings. The lowest BCUT2D eigenvalue weighted by atomic mass is 10.2. The first-order chi connectivity index (χ1) is 16.2. The molecule has 0 radical (unpaired) electrons. The first kappa shape index (κ1) is 19.7. The molecule has 0 saturated carbocycles. The highest BCUT2D eigenvalue weighted by atomic mass is 32.1. The fourth-order valence-electron chi connectivity index (χ4n) is 4.25. The van der Waals surface area contributed by atoms with Gasteiger partial charge in [0.15, 0.2) is 17.3 Å². The van der Waals surface area contributed by atoms with Crippen LogP contribution in [0.2, 0.25) is 0 Å². The summed E-state index contributed by atoms with van der Waals surface area (Å²) in [5, 5.41) is 15.0. The molecule has 5 heterocycles. The maximum Gasteiger partial charge on any atom is 0.294 e. The Balaban J connectivity index is 1.40. The fourth-order valence-corrected chi connectivity index (χ4v) is 4.95. The largest absolute Gasteiger partial charge is 0.326 e. The molecule has 1 fully saturated rings. The van der Waals surface area contributed by atoms with Gasteiger partial charge in [-0.3, -0.25) is 9.20 Å². The van der Waals surface area contributed by atoms with Crippen LogP contribution in [-0.2, 0) is 0 Å². The number of benzene rings is 1. The van der Waals surface area contributed by atoms with Gasteiger partial charge in [0.1, 0.15) is 5.82 Å².